The Morgan fingerprint density at radius 2 is 1.92 bits per heavy atom. The van der Waals surface area contributed by atoms with Crippen molar-refractivity contribution in [3.63, 3.8) is 0 Å². The summed E-state index contributed by atoms with van der Waals surface area (Å²) in [5, 5.41) is 17.8. The van der Waals surface area contributed by atoms with Crippen LogP contribution in [-0.4, -0.2) is 41.7 Å². The Kier molecular flexibility index (Phi) is 4.14. The van der Waals surface area contributed by atoms with Crippen LogP contribution in [0.5, 0.6) is 0 Å². The van der Waals surface area contributed by atoms with Crippen molar-refractivity contribution in [2.24, 2.45) is 7.05 Å². The molecule has 0 radical (unpaired) electrons. The summed E-state index contributed by atoms with van der Waals surface area (Å²) >= 11 is 0. The number of tetrazole rings is 1. The van der Waals surface area contributed by atoms with Gasteiger partial charge in [0.25, 0.3) is 11.7 Å². The normalized spacial score (nSPS) is 10.7. The maximum absolute atomic E-state index is 12.4. The molecule has 0 bridgehead atoms. The number of aryl methyl sites for hydroxylation is 3. The molecule has 128 valence electrons. The molecule has 3 aromatic rings. The van der Waals surface area contributed by atoms with Crippen LogP contribution < -0.4 is 5.32 Å². The van der Waals surface area contributed by atoms with Crippen molar-refractivity contribution in [3.8, 4) is 5.69 Å². The number of carbonyl (C=O) groups excluding carboxylic acids is 2. The van der Waals surface area contributed by atoms with E-state index in [2.05, 4.69) is 25.9 Å². The molecule has 2 aromatic heterocycles. The van der Waals surface area contributed by atoms with Crippen molar-refractivity contribution in [2.45, 2.75) is 20.8 Å². The van der Waals surface area contributed by atoms with Crippen molar-refractivity contribution in [3.05, 3.63) is 47.0 Å². The van der Waals surface area contributed by atoms with E-state index in [-0.39, 0.29) is 0 Å². The Morgan fingerprint density at radius 1 is 1.16 bits per heavy atom. The number of aromatic nitrogens is 6. The van der Waals surface area contributed by atoms with Crippen LogP contribution in [0.2, 0.25) is 0 Å². The lowest BCUT2D eigenvalue weighted by Gasteiger charge is -2.09. The van der Waals surface area contributed by atoms with Crippen molar-refractivity contribution in [2.75, 3.05) is 5.32 Å². The van der Waals surface area contributed by atoms with Crippen LogP contribution in [0.1, 0.15) is 27.3 Å². The van der Waals surface area contributed by atoms with Crippen LogP contribution in [0, 0.1) is 20.8 Å². The molecule has 3 rings (SSSR count). The summed E-state index contributed by atoms with van der Waals surface area (Å²) in [5.41, 5.74) is 3.68. The molecular weight excluding hydrogens is 322 g/mol. The van der Waals surface area contributed by atoms with Gasteiger partial charge in [-0.3, -0.25) is 14.3 Å². The number of nitrogens with zero attached hydrogens (tertiary/aromatic N) is 6. The Balaban J connectivity index is 1.81. The van der Waals surface area contributed by atoms with Crippen LogP contribution in [0.3, 0.4) is 0 Å². The van der Waals surface area contributed by atoms with Gasteiger partial charge in [-0.2, -0.15) is 5.10 Å². The quantitative estimate of drug-likeness (QED) is 0.564. The molecule has 0 saturated heterocycles. The summed E-state index contributed by atoms with van der Waals surface area (Å²) in [6.45, 7) is 5.33. The van der Waals surface area contributed by atoms with Gasteiger partial charge < -0.3 is 5.32 Å². The fourth-order valence-electron chi connectivity index (χ4n) is 2.67. The molecule has 0 aliphatic carbocycles. The number of Topliss-reactive ketones (excluding diaryl/α,β-unsaturated/α-hetero) is 1. The second-order valence-electron chi connectivity index (χ2n) is 5.71. The van der Waals surface area contributed by atoms with Gasteiger partial charge in [-0.15, -0.1) is 5.10 Å². The molecule has 2 heterocycles. The van der Waals surface area contributed by atoms with E-state index >= 15 is 0 Å². The monoisotopic (exact) mass is 339 g/mol. The number of rotatable bonds is 4. The predicted molar refractivity (Wildman–Crippen MR) is 89.5 cm³/mol. The lowest BCUT2D eigenvalue weighted by Crippen LogP contribution is -2.24. The van der Waals surface area contributed by atoms with Crippen molar-refractivity contribution in [1.29, 1.82) is 0 Å². The third kappa shape index (κ3) is 3.03. The number of anilines is 1. The second-order valence-corrected chi connectivity index (χ2v) is 5.71. The van der Waals surface area contributed by atoms with Gasteiger partial charge in [0.15, 0.2) is 0 Å². The van der Waals surface area contributed by atoms with Gasteiger partial charge in [0.05, 0.1) is 16.9 Å². The van der Waals surface area contributed by atoms with E-state index in [1.165, 1.54) is 11.0 Å². The zero-order valence-corrected chi connectivity index (χ0v) is 14.3. The average molecular weight is 339 g/mol. The van der Waals surface area contributed by atoms with E-state index in [9.17, 15) is 9.59 Å². The van der Waals surface area contributed by atoms with E-state index < -0.39 is 11.7 Å². The minimum absolute atomic E-state index is 0.335. The molecule has 9 heteroatoms. The molecule has 9 nitrogen and oxygen atoms in total. The van der Waals surface area contributed by atoms with Crippen molar-refractivity contribution >= 4 is 17.4 Å². The largest absolute Gasteiger partial charge is 0.319 e. The molecule has 0 atom stereocenters. The highest BCUT2D eigenvalue weighted by Gasteiger charge is 2.24. The van der Waals surface area contributed by atoms with Crippen molar-refractivity contribution in [1.82, 2.24) is 30.0 Å². The number of ketones is 1. The molecular formula is C16H17N7O2. The summed E-state index contributed by atoms with van der Waals surface area (Å²) in [7, 11) is 1.73. The van der Waals surface area contributed by atoms with E-state index in [4.69, 9.17) is 0 Å². The summed E-state index contributed by atoms with van der Waals surface area (Å²) in [6.07, 6.45) is 1.48. The Hall–Kier alpha value is -3.36. The standard InChI is InChI=1S/C16H17N7O2/c1-9-7-12(5-6-13(9)23-8-17-20-21-23)18-16(25)15(24)14-10(2)19-22(4)11(14)3/h5-8H,1-4H3,(H,18,25). The zero-order chi connectivity index (χ0) is 18.1. The van der Waals surface area contributed by atoms with Crippen LogP contribution in [-0.2, 0) is 11.8 Å². The Labute approximate surface area is 143 Å². The van der Waals surface area contributed by atoms with Crippen LogP contribution in [0.15, 0.2) is 24.5 Å². The summed E-state index contributed by atoms with van der Waals surface area (Å²) < 4.78 is 3.11. The van der Waals surface area contributed by atoms with Crippen LogP contribution in [0.4, 0.5) is 5.69 Å². The molecule has 0 unspecified atom stereocenters. The van der Waals surface area contributed by atoms with Gasteiger partial charge in [-0.05, 0) is 55.0 Å². The van der Waals surface area contributed by atoms with Gasteiger partial charge in [-0.25, -0.2) is 4.68 Å². The third-order valence-corrected chi connectivity index (χ3v) is 3.99. The zero-order valence-electron chi connectivity index (χ0n) is 14.3. The maximum atomic E-state index is 12.4. The maximum Gasteiger partial charge on any atom is 0.296 e. The van der Waals surface area contributed by atoms with Gasteiger partial charge >= 0.3 is 0 Å². The minimum Gasteiger partial charge on any atom is -0.319 e. The Bertz CT molecular complexity index is 957. The lowest BCUT2D eigenvalue weighted by atomic mass is 10.1. The molecule has 0 spiro atoms. The van der Waals surface area contributed by atoms with Crippen molar-refractivity contribution < 1.29 is 9.59 Å². The first-order valence-electron chi connectivity index (χ1n) is 7.58. The summed E-state index contributed by atoms with van der Waals surface area (Å²) in [6, 6.07) is 5.22. The molecule has 0 saturated carbocycles. The number of benzene rings is 1. The molecule has 1 amide bonds. The number of hydrogen-bond acceptors (Lipinski definition) is 6. The van der Waals surface area contributed by atoms with E-state index in [1.54, 1.807) is 43.8 Å². The van der Waals surface area contributed by atoms with E-state index in [1.807, 2.05) is 6.92 Å². The highest BCUT2D eigenvalue weighted by atomic mass is 16.2. The number of amides is 1. The topological polar surface area (TPSA) is 108 Å². The van der Waals surface area contributed by atoms with E-state index in [0.29, 0.717) is 22.6 Å². The number of carbonyl (C=O) groups is 2. The molecule has 1 N–H and O–H groups in total. The molecule has 25 heavy (non-hydrogen) atoms. The molecule has 0 fully saturated rings. The molecule has 0 aliphatic heterocycles. The predicted octanol–water partition coefficient (Wildman–Crippen LogP) is 1.14. The highest BCUT2D eigenvalue weighted by molar-refractivity contribution is 6.47. The van der Waals surface area contributed by atoms with Gasteiger partial charge in [-0.1, -0.05) is 0 Å². The summed E-state index contributed by atoms with van der Waals surface area (Å²) in [5.74, 6) is -1.31. The number of nitrogens with one attached hydrogen (secondary N) is 1. The fraction of sp³-hybridized carbons (Fsp3) is 0.250. The minimum atomic E-state index is -0.700. The first kappa shape index (κ1) is 16.5. The first-order chi connectivity index (χ1) is 11.9. The third-order valence-electron chi connectivity index (χ3n) is 3.99. The average Bonchev–Trinajstić information content (AvgIpc) is 3.16. The summed E-state index contributed by atoms with van der Waals surface area (Å²) in [4.78, 5) is 24.8. The second kappa shape index (κ2) is 6.27. The van der Waals surface area contributed by atoms with Gasteiger partial charge in [0, 0.05) is 18.4 Å². The van der Waals surface area contributed by atoms with Gasteiger partial charge in [0.2, 0.25) is 0 Å². The highest BCUT2D eigenvalue weighted by Crippen LogP contribution is 2.19. The smallest absolute Gasteiger partial charge is 0.296 e. The SMILES string of the molecule is Cc1cc(NC(=O)C(=O)c2c(C)nn(C)c2C)ccc1-n1cnnn1. The fourth-order valence-corrected chi connectivity index (χ4v) is 2.67. The van der Waals surface area contributed by atoms with Crippen LogP contribution >= 0.6 is 0 Å². The van der Waals surface area contributed by atoms with E-state index in [0.717, 1.165) is 11.3 Å². The molecule has 0 aliphatic rings. The first-order valence-corrected chi connectivity index (χ1v) is 7.58. The lowest BCUT2D eigenvalue weighted by molar-refractivity contribution is -0.112. The van der Waals surface area contributed by atoms with Gasteiger partial charge in [0.1, 0.15) is 6.33 Å². The molecule has 1 aromatic carbocycles. The van der Waals surface area contributed by atoms with Crippen LogP contribution in [0.25, 0.3) is 5.69 Å². The Morgan fingerprint density at radius 3 is 2.48 bits per heavy atom. The number of hydrogen-bond donors (Lipinski definition) is 1.